The molecule has 1 aromatic rings. The van der Waals surface area contributed by atoms with E-state index >= 15 is 0 Å². The minimum Gasteiger partial charge on any atom is -0.492 e. The summed E-state index contributed by atoms with van der Waals surface area (Å²) in [6.07, 6.45) is 1.24. The number of ether oxygens (including phenoxy) is 1. The van der Waals surface area contributed by atoms with Crippen molar-refractivity contribution in [3.63, 3.8) is 0 Å². The molecule has 2 rings (SSSR count). The van der Waals surface area contributed by atoms with Crippen molar-refractivity contribution < 1.29 is 19.4 Å². The van der Waals surface area contributed by atoms with Gasteiger partial charge in [0, 0.05) is 32.5 Å². The number of hydrogen-bond acceptors (Lipinski definition) is 4. The molecule has 0 aliphatic carbocycles. The summed E-state index contributed by atoms with van der Waals surface area (Å²) in [4.78, 5) is 24.1. The van der Waals surface area contributed by atoms with Crippen LogP contribution in [-0.4, -0.2) is 48.0 Å². The molecule has 1 saturated heterocycles. The molecule has 0 spiro atoms. The summed E-state index contributed by atoms with van der Waals surface area (Å²) in [6, 6.07) is 6.46. The number of carboxylic acid groups (broad SMARTS) is 1. The van der Waals surface area contributed by atoms with Gasteiger partial charge in [0.2, 0.25) is 0 Å². The highest BCUT2D eigenvalue weighted by Crippen LogP contribution is 2.13. The standard InChI is InChI=1S/C14H17NO4/c16-12-4-6-15(7-5-12)8-9-19-13-3-1-2-11(10-13)14(17)18/h1-3,10H,4-9H2,(H,17,18). The zero-order valence-corrected chi connectivity index (χ0v) is 10.7. The molecule has 0 saturated carbocycles. The summed E-state index contributed by atoms with van der Waals surface area (Å²) in [7, 11) is 0. The second-order valence-corrected chi connectivity index (χ2v) is 4.56. The Bertz CT molecular complexity index is 462. The predicted molar refractivity (Wildman–Crippen MR) is 69.6 cm³/mol. The number of ketones is 1. The molecule has 1 N–H and O–H groups in total. The van der Waals surface area contributed by atoms with Gasteiger partial charge in [0.15, 0.2) is 0 Å². The molecule has 1 aromatic carbocycles. The number of nitrogens with zero attached hydrogens (tertiary/aromatic N) is 1. The van der Waals surface area contributed by atoms with Gasteiger partial charge >= 0.3 is 5.97 Å². The predicted octanol–water partition coefficient (Wildman–Crippen LogP) is 1.43. The number of benzene rings is 1. The van der Waals surface area contributed by atoms with E-state index in [9.17, 15) is 9.59 Å². The molecular weight excluding hydrogens is 246 g/mol. The minimum absolute atomic E-state index is 0.223. The first-order valence-corrected chi connectivity index (χ1v) is 6.35. The highest BCUT2D eigenvalue weighted by Gasteiger charge is 2.15. The summed E-state index contributed by atoms with van der Waals surface area (Å²) < 4.78 is 5.54. The van der Waals surface area contributed by atoms with Crippen LogP contribution < -0.4 is 4.74 Å². The molecule has 19 heavy (non-hydrogen) atoms. The molecule has 5 heteroatoms. The van der Waals surface area contributed by atoms with Crippen molar-refractivity contribution in [3.8, 4) is 5.75 Å². The van der Waals surface area contributed by atoms with Crippen LogP contribution >= 0.6 is 0 Å². The average molecular weight is 263 g/mol. The molecule has 102 valence electrons. The minimum atomic E-state index is -0.958. The van der Waals surface area contributed by atoms with Crippen LogP contribution in [0.3, 0.4) is 0 Å². The van der Waals surface area contributed by atoms with E-state index in [4.69, 9.17) is 9.84 Å². The normalized spacial score (nSPS) is 16.3. The first kappa shape index (κ1) is 13.5. The van der Waals surface area contributed by atoms with Gasteiger partial charge < -0.3 is 9.84 Å². The Morgan fingerprint density at radius 1 is 1.32 bits per heavy atom. The van der Waals surface area contributed by atoms with Gasteiger partial charge in [0.25, 0.3) is 0 Å². The lowest BCUT2D eigenvalue weighted by Gasteiger charge is -2.25. The second-order valence-electron chi connectivity index (χ2n) is 4.56. The maximum absolute atomic E-state index is 11.1. The Labute approximate surface area is 111 Å². The van der Waals surface area contributed by atoms with E-state index in [0.29, 0.717) is 31.0 Å². The molecule has 0 bridgehead atoms. The van der Waals surface area contributed by atoms with Gasteiger partial charge in [-0.25, -0.2) is 4.79 Å². The number of piperidine rings is 1. The zero-order valence-electron chi connectivity index (χ0n) is 10.7. The first-order chi connectivity index (χ1) is 9.15. The smallest absolute Gasteiger partial charge is 0.335 e. The summed E-state index contributed by atoms with van der Waals surface area (Å²) >= 11 is 0. The molecule has 0 radical (unpaired) electrons. The van der Waals surface area contributed by atoms with Gasteiger partial charge in [-0.2, -0.15) is 0 Å². The van der Waals surface area contributed by atoms with Crippen LogP contribution in [0, 0.1) is 0 Å². The van der Waals surface area contributed by atoms with E-state index in [1.165, 1.54) is 12.1 Å². The lowest BCUT2D eigenvalue weighted by Crippen LogP contribution is -2.36. The lowest BCUT2D eigenvalue weighted by molar-refractivity contribution is -0.121. The van der Waals surface area contributed by atoms with Gasteiger partial charge in [-0.1, -0.05) is 6.07 Å². The van der Waals surface area contributed by atoms with Crippen LogP contribution in [0.2, 0.25) is 0 Å². The van der Waals surface area contributed by atoms with Crippen molar-refractivity contribution in [2.75, 3.05) is 26.2 Å². The number of carbonyl (C=O) groups is 2. The van der Waals surface area contributed by atoms with Crippen LogP contribution in [0.4, 0.5) is 0 Å². The SMILES string of the molecule is O=C1CCN(CCOc2cccc(C(=O)O)c2)CC1. The number of aromatic carboxylic acids is 1. The quantitative estimate of drug-likeness (QED) is 0.870. The monoisotopic (exact) mass is 263 g/mol. The van der Waals surface area contributed by atoms with Crippen molar-refractivity contribution >= 4 is 11.8 Å². The van der Waals surface area contributed by atoms with Crippen LogP contribution in [0.1, 0.15) is 23.2 Å². The fourth-order valence-electron chi connectivity index (χ4n) is 2.04. The lowest BCUT2D eigenvalue weighted by atomic mass is 10.1. The molecule has 1 aliphatic rings. The van der Waals surface area contributed by atoms with E-state index in [1.807, 2.05) is 0 Å². The third kappa shape index (κ3) is 4.06. The third-order valence-corrected chi connectivity index (χ3v) is 3.17. The Hall–Kier alpha value is -1.88. The van der Waals surface area contributed by atoms with Gasteiger partial charge in [0.05, 0.1) is 5.56 Å². The maximum Gasteiger partial charge on any atom is 0.335 e. The number of carbonyl (C=O) groups excluding carboxylic acids is 1. The van der Waals surface area contributed by atoms with Crippen molar-refractivity contribution in [3.05, 3.63) is 29.8 Å². The molecule has 1 fully saturated rings. The summed E-state index contributed by atoms with van der Waals surface area (Å²) in [5.74, 6) is -0.0701. The van der Waals surface area contributed by atoms with Crippen molar-refractivity contribution in [2.24, 2.45) is 0 Å². The largest absolute Gasteiger partial charge is 0.492 e. The first-order valence-electron chi connectivity index (χ1n) is 6.35. The second kappa shape index (κ2) is 6.33. The maximum atomic E-state index is 11.1. The Balaban J connectivity index is 1.78. The van der Waals surface area contributed by atoms with Crippen molar-refractivity contribution in [2.45, 2.75) is 12.8 Å². The molecule has 0 amide bonds. The fourth-order valence-corrected chi connectivity index (χ4v) is 2.04. The Morgan fingerprint density at radius 3 is 2.74 bits per heavy atom. The Kier molecular flexibility index (Phi) is 4.52. The van der Waals surface area contributed by atoms with E-state index in [2.05, 4.69) is 4.90 Å². The molecule has 1 aliphatic heterocycles. The molecule has 0 aromatic heterocycles. The molecule has 5 nitrogen and oxygen atoms in total. The number of carboxylic acids is 1. The molecule has 1 heterocycles. The number of rotatable bonds is 5. The van der Waals surface area contributed by atoms with E-state index in [1.54, 1.807) is 12.1 Å². The van der Waals surface area contributed by atoms with Crippen molar-refractivity contribution in [1.82, 2.24) is 4.90 Å². The molecular formula is C14H17NO4. The van der Waals surface area contributed by atoms with Gasteiger partial charge in [-0.3, -0.25) is 9.69 Å². The number of likely N-dealkylation sites (tertiary alicyclic amines) is 1. The zero-order chi connectivity index (χ0) is 13.7. The topological polar surface area (TPSA) is 66.8 Å². The van der Waals surface area contributed by atoms with Gasteiger partial charge in [-0.15, -0.1) is 0 Å². The highest BCUT2D eigenvalue weighted by molar-refractivity contribution is 5.88. The molecule has 0 atom stereocenters. The van der Waals surface area contributed by atoms with Gasteiger partial charge in [0.1, 0.15) is 18.1 Å². The van der Waals surface area contributed by atoms with E-state index in [-0.39, 0.29) is 5.56 Å². The summed E-state index contributed by atoms with van der Waals surface area (Å²) in [6.45, 7) is 2.83. The van der Waals surface area contributed by atoms with E-state index in [0.717, 1.165) is 19.6 Å². The fraction of sp³-hybridized carbons (Fsp3) is 0.429. The van der Waals surface area contributed by atoms with Crippen LogP contribution in [-0.2, 0) is 4.79 Å². The van der Waals surface area contributed by atoms with Crippen LogP contribution in [0.25, 0.3) is 0 Å². The molecule has 0 unspecified atom stereocenters. The highest BCUT2D eigenvalue weighted by atomic mass is 16.5. The third-order valence-electron chi connectivity index (χ3n) is 3.17. The number of Topliss-reactive ketones (excluding diaryl/α,β-unsaturated/α-hetero) is 1. The summed E-state index contributed by atoms with van der Waals surface area (Å²) in [5.41, 5.74) is 0.223. The average Bonchev–Trinajstić information content (AvgIpc) is 2.41. The van der Waals surface area contributed by atoms with E-state index < -0.39 is 5.97 Å². The van der Waals surface area contributed by atoms with Crippen LogP contribution in [0.15, 0.2) is 24.3 Å². The van der Waals surface area contributed by atoms with Gasteiger partial charge in [-0.05, 0) is 18.2 Å². The van der Waals surface area contributed by atoms with Crippen LogP contribution in [0.5, 0.6) is 5.75 Å². The summed E-state index contributed by atoms with van der Waals surface area (Å²) in [5, 5.41) is 8.87. The number of hydrogen-bond donors (Lipinski definition) is 1. The van der Waals surface area contributed by atoms with Crippen molar-refractivity contribution in [1.29, 1.82) is 0 Å². The Morgan fingerprint density at radius 2 is 2.05 bits per heavy atom.